The zero-order valence-electron chi connectivity index (χ0n) is 10.8. The molecule has 0 spiro atoms. The van der Waals surface area contributed by atoms with Crippen LogP contribution in [0.5, 0.6) is 0 Å². The predicted molar refractivity (Wildman–Crippen MR) is 69.3 cm³/mol. The van der Waals surface area contributed by atoms with Gasteiger partial charge in [-0.25, -0.2) is 0 Å². The molecule has 0 bridgehead atoms. The van der Waals surface area contributed by atoms with Gasteiger partial charge in [0.05, 0.1) is 18.8 Å². The second kappa shape index (κ2) is 6.66. The Labute approximate surface area is 108 Å². The van der Waals surface area contributed by atoms with Gasteiger partial charge in [0.25, 0.3) is 0 Å². The van der Waals surface area contributed by atoms with Gasteiger partial charge in [0.15, 0.2) is 0 Å². The minimum Gasteiger partial charge on any atom is -0.377 e. The van der Waals surface area contributed by atoms with Gasteiger partial charge in [0.2, 0.25) is 0 Å². The predicted octanol–water partition coefficient (Wildman–Crippen LogP) is 2.73. The van der Waals surface area contributed by atoms with E-state index in [1.807, 2.05) is 37.3 Å². The fourth-order valence-electron chi connectivity index (χ4n) is 2.23. The molecule has 1 aromatic rings. The van der Waals surface area contributed by atoms with Gasteiger partial charge in [-0.1, -0.05) is 30.3 Å². The number of rotatable bonds is 5. The van der Waals surface area contributed by atoms with Crippen molar-refractivity contribution >= 4 is 5.78 Å². The summed E-state index contributed by atoms with van der Waals surface area (Å²) >= 11 is 0. The van der Waals surface area contributed by atoms with E-state index in [9.17, 15) is 4.79 Å². The maximum absolute atomic E-state index is 11.4. The molecule has 3 nitrogen and oxygen atoms in total. The monoisotopic (exact) mass is 248 g/mol. The van der Waals surface area contributed by atoms with E-state index in [0.29, 0.717) is 31.8 Å². The Morgan fingerprint density at radius 2 is 2.06 bits per heavy atom. The van der Waals surface area contributed by atoms with E-state index in [2.05, 4.69) is 0 Å². The largest absolute Gasteiger partial charge is 0.377 e. The minimum atomic E-state index is 0.0389. The van der Waals surface area contributed by atoms with Crippen LogP contribution in [0, 0.1) is 0 Å². The molecule has 98 valence electrons. The van der Waals surface area contributed by atoms with Crippen molar-refractivity contribution < 1.29 is 14.3 Å². The number of hydrogen-bond acceptors (Lipinski definition) is 3. The SMILES string of the molecule is C[C@H]1CC(=O)C[C@@H](CCOCc2ccccc2)O1. The van der Waals surface area contributed by atoms with Crippen molar-refractivity contribution in [2.24, 2.45) is 0 Å². The maximum Gasteiger partial charge on any atom is 0.138 e. The molecular weight excluding hydrogens is 228 g/mol. The summed E-state index contributed by atoms with van der Waals surface area (Å²) in [5.41, 5.74) is 1.17. The van der Waals surface area contributed by atoms with Crippen molar-refractivity contribution in [3.8, 4) is 0 Å². The van der Waals surface area contributed by atoms with Gasteiger partial charge < -0.3 is 9.47 Å². The Morgan fingerprint density at radius 1 is 1.28 bits per heavy atom. The highest BCUT2D eigenvalue weighted by Crippen LogP contribution is 2.18. The average molecular weight is 248 g/mol. The van der Waals surface area contributed by atoms with Gasteiger partial charge in [-0.3, -0.25) is 4.79 Å². The molecule has 0 unspecified atom stereocenters. The normalized spacial score (nSPS) is 24.2. The number of benzene rings is 1. The van der Waals surface area contributed by atoms with Gasteiger partial charge in [-0.05, 0) is 18.9 Å². The van der Waals surface area contributed by atoms with E-state index in [0.717, 1.165) is 6.42 Å². The first-order chi connectivity index (χ1) is 8.74. The molecular formula is C15H20O3. The summed E-state index contributed by atoms with van der Waals surface area (Å²) in [7, 11) is 0. The van der Waals surface area contributed by atoms with Crippen LogP contribution < -0.4 is 0 Å². The smallest absolute Gasteiger partial charge is 0.138 e. The lowest BCUT2D eigenvalue weighted by Gasteiger charge is -2.26. The zero-order chi connectivity index (χ0) is 12.8. The number of carbonyl (C=O) groups is 1. The highest BCUT2D eigenvalue weighted by atomic mass is 16.5. The van der Waals surface area contributed by atoms with E-state index >= 15 is 0 Å². The second-order valence-electron chi connectivity index (χ2n) is 4.84. The lowest BCUT2D eigenvalue weighted by Crippen LogP contribution is -2.32. The molecule has 3 heteroatoms. The molecule has 0 amide bonds. The summed E-state index contributed by atoms with van der Waals surface area (Å²) in [5.74, 6) is 0.307. The standard InChI is InChI=1S/C15H20O3/c1-12-9-14(16)10-15(18-12)7-8-17-11-13-5-3-2-4-6-13/h2-6,12,15H,7-11H2,1H3/t12-,15+/m0/s1. The van der Waals surface area contributed by atoms with Crippen LogP contribution in [0.25, 0.3) is 0 Å². The molecule has 1 fully saturated rings. The third kappa shape index (κ3) is 4.24. The first-order valence-corrected chi connectivity index (χ1v) is 6.53. The Kier molecular flexibility index (Phi) is 4.90. The Bertz CT molecular complexity index is 375. The van der Waals surface area contributed by atoms with Crippen molar-refractivity contribution in [3.63, 3.8) is 0 Å². The fourth-order valence-corrected chi connectivity index (χ4v) is 2.23. The van der Waals surface area contributed by atoms with Crippen LogP contribution in [0.3, 0.4) is 0 Å². The molecule has 1 saturated heterocycles. The van der Waals surface area contributed by atoms with Crippen molar-refractivity contribution in [2.45, 2.75) is 45.0 Å². The van der Waals surface area contributed by atoms with E-state index < -0.39 is 0 Å². The number of carbonyl (C=O) groups excluding carboxylic acids is 1. The topological polar surface area (TPSA) is 35.5 Å². The first-order valence-electron chi connectivity index (χ1n) is 6.53. The second-order valence-corrected chi connectivity index (χ2v) is 4.84. The van der Waals surface area contributed by atoms with Crippen molar-refractivity contribution in [1.29, 1.82) is 0 Å². The lowest BCUT2D eigenvalue weighted by molar-refractivity contribution is -0.135. The van der Waals surface area contributed by atoms with E-state index in [4.69, 9.17) is 9.47 Å². The fraction of sp³-hybridized carbons (Fsp3) is 0.533. The molecule has 0 saturated carbocycles. The summed E-state index contributed by atoms with van der Waals surface area (Å²) in [6.45, 7) is 3.21. The number of ether oxygens (including phenoxy) is 2. The molecule has 0 aliphatic carbocycles. The van der Waals surface area contributed by atoms with Crippen LogP contribution in [0.15, 0.2) is 30.3 Å². The number of Topliss-reactive ketones (excluding diaryl/α,β-unsaturated/α-hetero) is 1. The first kappa shape index (κ1) is 13.2. The molecule has 1 aliphatic heterocycles. The van der Waals surface area contributed by atoms with Crippen LogP contribution in [0.4, 0.5) is 0 Å². The lowest BCUT2D eigenvalue weighted by atomic mass is 10.0. The summed E-state index contributed by atoms with van der Waals surface area (Å²) in [4.78, 5) is 11.4. The van der Waals surface area contributed by atoms with Crippen molar-refractivity contribution in [3.05, 3.63) is 35.9 Å². The number of hydrogen-bond donors (Lipinski definition) is 0. The Balaban J connectivity index is 1.65. The zero-order valence-corrected chi connectivity index (χ0v) is 10.8. The van der Waals surface area contributed by atoms with Crippen LogP contribution in [-0.2, 0) is 20.9 Å². The van der Waals surface area contributed by atoms with Gasteiger partial charge in [0.1, 0.15) is 5.78 Å². The average Bonchev–Trinajstić information content (AvgIpc) is 2.35. The molecule has 1 aliphatic rings. The molecule has 18 heavy (non-hydrogen) atoms. The maximum atomic E-state index is 11.4. The van der Waals surface area contributed by atoms with E-state index in [-0.39, 0.29) is 12.2 Å². The number of ketones is 1. The summed E-state index contributed by atoms with van der Waals surface area (Å²) in [6, 6.07) is 10.1. The Hall–Kier alpha value is -1.19. The summed E-state index contributed by atoms with van der Waals surface area (Å²) in [5, 5.41) is 0. The van der Waals surface area contributed by atoms with Gasteiger partial charge in [-0.15, -0.1) is 0 Å². The minimum absolute atomic E-state index is 0.0389. The van der Waals surface area contributed by atoms with Crippen LogP contribution in [0.2, 0.25) is 0 Å². The van der Waals surface area contributed by atoms with E-state index in [1.54, 1.807) is 0 Å². The van der Waals surface area contributed by atoms with Gasteiger partial charge >= 0.3 is 0 Å². The van der Waals surface area contributed by atoms with Crippen LogP contribution in [0.1, 0.15) is 31.7 Å². The van der Waals surface area contributed by atoms with Crippen LogP contribution in [-0.4, -0.2) is 24.6 Å². The molecule has 1 aromatic carbocycles. The van der Waals surface area contributed by atoms with Crippen LogP contribution >= 0.6 is 0 Å². The molecule has 0 N–H and O–H groups in total. The van der Waals surface area contributed by atoms with Crippen molar-refractivity contribution in [2.75, 3.05) is 6.61 Å². The summed E-state index contributed by atoms with van der Waals surface area (Å²) < 4.78 is 11.3. The summed E-state index contributed by atoms with van der Waals surface area (Å²) in [6.07, 6.45) is 1.99. The van der Waals surface area contributed by atoms with Crippen molar-refractivity contribution in [1.82, 2.24) is 0 Å². The molecule has 2 rings (SSSR count). The van der Waals surface area contributed by atoms with E-state index in [1.165, 1.54) is 5.56 Å². The molecule has 1 heterocycles. The van der Waals surface area contributed by atoms with Gasteiger partial charge in [0, 0.05) is 19.4 Å². The molecule has 0 radical (unpaired) electrons. The van der Waals surface area contributed by atoms with Gasteiger partial charge in [-0.2, -0.15) is 0 Å². The Morgan fingerprint density at radius 3 is 2.78 bits per heavy atom. The molecule has 0 aromatic heterocycles. The highest BCUT2D eigenvalue weighted by Gasteiger charge is 2.24. The molecule has 2 atom stereocenters. The quantitative estimate of drug-likeness (QED) is 0.752. The third-order valence-electron chi connectivity index (χ3n) is 3.09. The highest BCUT2D eigenvalue weighted by molar-refractivity contribution is 5.79. The third-order valence-corrected chi connectivity index (χ3v) is 3.09.